The number of nitrogens with zero attached hydrogens (tertiary/aromatic N) is 1. The van der Waals surface area contributed by atoms with Gasteiger partial charge >= 0.3 is 0 Å². The highest BCUT2D eigenvalue weighted by atomic mass is 16.5. The number of aliphatic hydroxyl groups is 1. The molecular weight excluding hydrogens is 168 g/mol. The summed E-state index contributed by atoms with van der Waals surface area (Å²) in [5, 5.41) is 17.2. The van der Waals surface area contributed by atoms with E-state index < -0.39 is 0 Å². The van der Waals surface area contributed by atoms with Gasteiger partial charge in [-0.1, -0.05) is 6.07 Å². The zero-order valence-corrected chi connectivity index (χ0v) is 7.36. The molecular formula is C9H12N2O2. The maximum atomic E-state index is 8.83. The van der Waals surface area contributed by atoms with E-state index >= 15 is 0 Å². The van der Waals surface area contributed by atoms with Crippen LogP contribution in [0.2, 0.25) is 0 Å². The fraction of sp³-hybridized carbons (Fsp3) is 0.222. The van der Waals surface area contributed by atoms with Gasteiger partial charge in [0.25, 0.3) is 0 Å². The Kier molecular flexibility index (Phi) is 3.42. The van der Waals surface area contributed by atoms with Crippen LogP contribution in [0.15, 0.2) is 24.4 Å². The van der Waals surface area contributed by atoms with E-state index in [1.165, 1.54) is 6.20 Å². The molecule has 0 spiro atoms. The standard InChI is InChI=1S/C9H12N2O2/c1-7(5-10-13)9-4-2-3-8(6-12)11-9/h2-5,10,12-13H,6H2,1H3. The van der Waals surface area contributed by atoms with Crippen LogP contribution in [0.5, 0.6) is 0 Å². The van der Waals surface area contributed by atoms with Crippen LogP contribution in [0, 0.1) is 0 Å². The minimum atomic E-state index is -0.0757. The van der Waals surface area contributed by atoms with Gasteiger partial charge in [-0.2, -0.15) is 0 Å². The van der Waals surface area contributed by atoms with Crippen LogP contribution in [-0.2, 0) is 6.61 Å². The van der Waals surface area contributed by atoms with E-state index in [1.54, 1.807) is 6.07 Å². The van der Waals surface area contributed by atoms with Crippen molar-refractivity contribution in [3.63, 3.8) is 0 Å². The Bertz CT molecular complexity index is 310. The fourth-order valence-electron chi connectivity index (χ4n) is 0.958. The smallest absolute Gasteiger partial charge is 0.0853 e. The number of aromatic nitrogens is 1. The van der Waals surface area contributed by atoms with Crippen molar-refractivity contribution in [3.05, 3.63) is 35.8 Å². The van der Waals surface area contributed by atoms with Gasteiger partial charge in [0.2, 0.25) is 0 Å². The summed E-state index contributed by atoms with van der Waals surface area (Å²) in [5.41, 5.74) is 4.09. The lowest BCUT2D eigenvalue weighted by Gasteiger charge is -2.02. The van der Waals surface area contributed by atoms with Crippen LogP contribution in [0.25, 0.3) is 5.57 Å². The average Bonchev–Trinajstić information content (AvgIpc) is 2.18. The molecule has 0 aliphatic rings. The molecule has 0 bridgehead atoms. The number of pyridine rings is 1. The third-order valence-corrected chi connectivity index (χ3v) is 1.65. The second-order valence-corrected chi connectivity index (χ2v) is 2.63. The predicted octanol–water partition coefficient (Wildman–Crippen LogP) is 0.913. The van der Waals surface area contributed by atoms with Gasteiger partial charge in [-0.3, -0.25) is 15.7 Å². The molecule has 1 aromatic heterocycles. The summed E-state index contributed by atoms with van der Waals surface area (Å²) >= 11 is 0. The Morgan fingerprint density at radius 3 is 3.00 bits per heavy atom. The number of hydroxylamine groups is 1. The summed E-state index contributed by atoms with van der Waals surface area (Å²) < 4.78 is 0. The molecule has 1 rings (SSSR count). The highest BCUT2D eigenvalue weighted by molar-refractivity contribution is 5.59. The van der Waals surface area contributed by atoms with Crippen molar-refractivity contribution in [1.29, 1.82) is 0 Å². The van der Waals surface area contributed by atoms with E-state index in [9.17, 15) is 0 Å². The molecule has 70 valence electrons. The van der Waals surface area contributed by atoms with Crippen LogP contribution in [0.3, 0.4) is 0 Å². The molecule has 0 aromatic carbocycles. The van der Waals surface area contributed by atoms with Crippen molar-refractivity contribution in [2.75, 3.05) is 0 Å². The number of aliphatic hydroxyl groups excluding tert-OH is 1. The Morgan fingerprint density at radius 2 is 2.38 bits per heavy atom. The molecule has 0 aliphatic heterocycles. The molecule has 4 heteroatoms. The van der Waals surface area contributed by atoms with Crippen LogP contribution in [0.4, 0.5) is 0 Å². The van der Waals surface area contributed by atoms with Crippen molar-refractivity contribution < 1.29 is 10.3 Å². The summed E-state index contributed by atoms with van der Waals surface area (Å²) in [6.07, 6.45) is 1.43. The highest BCUT2D eigenvalue weighted by Crippen LogP contribution is 2.09. The SMILES string of the molecule is CC(=CNO)c1cccc(CO)n1. The van der Waals surface area contributed by atoms with Crippen molar-refractivity contribution in [3.8, 4) is 0 Å². The molecule has 13 heavy (non-hydrogen) atoms. The Hall–Kier alpha value is -1.39. The third kappa shape index (κ3) is 2.54. The first-order valence-electron chi connectivity index (χ1n) is 3.91. The van der Waals surface area contributed by atoms with Crippen molar-refractivity contribution in [2.45, 2.75) is 13.5 Å². The van der Waals surface area contributed by atoms with Crippen molar-refractivity contribution >= 4 is 5.57 Å². The molecule has 3 N–H and O–H groups in total. The Labute approximate surface area is 76.5 Å². The zero-order valence-electron chi connectivity index (χ0n) is 7.36. The lowest BCUT2D eigenvalue weighted by Crippen LogP contribution is -1.98. The third-order valence-electron chi connectivity index (χ3n) is 1.65. The minimum Gasteiger partial charge on any atom is -0.390 e. The molecule has 0 saturated heterocycles. The lowest BCUT2D eigenvalue weighted by molar-refractivity contribution is 0.215. The number of hydrogen-bond acceptors (Lipinski definition) is 4. The van der Waals surface area contributed by atoms with Gasteiger partial charge < -0.3 is 5.11 Å². The van der Waals surface area contributed by atoms with Crippen molar-refractivity contribution in [2.24, 2.45) is 0 Å². The van der Waals surface area contributed by atoms with E-state index in [0.29, 0.717) is 5.69 Å². The molecule has 0 unspecified atom stereocenters. The maximum absolute atomic E-state index is 8.83. The largest absolute Gasteiger partial charge is 0.390 e. The van der Waals surface area contributed by atoms with E-state index in [4.69, 9.17) is 10.3 Å². The van der Waals surface area contributed by atoms with Gasteiger partial charge in [0.1, 0.15) is 0 Å². The van der Waals surface area contributed by atoms with Crippen LogP contribution in [-0.4, -0.2) is 15.3 Å². The number of rotatable bonds is 3. The minimum absolute atomic E-state index is 0.0757. The first-order valence-corrected chi connectivity index (χ1v) is 3.91. The second kappa shape index (κ2) is 4.59. The topological polar surface area (TPSA) is 65.4 Å². The predicted molar refractivity (Wildman–Crippen MR) is 48.7 cm³/mol. The Morgan fingerprint density at radius 1 is 1.62 bits per heavy atom. The quantitative estimate of drug-likeness (QED) is 0.605. The number of nitrogens with one attached hydrogen (secondary N) is 1. The average molecular weight is 180 g/mol. The zero-order chi connectivity index (χ0) is 9.68. The fourth-order valence-corrected chi connectivity index (χ4v) is 0.958. The lowest BCUT2D eigenvalue weighted by atomic mass is 10.2. The van der Waals surface area contributed by atoms with Gasteiger partial charge in [-0.25, -0.2) is 0 Å². The van der Waals surface area contributed by atoms with E-state index in [1.807, 2.05) is 24.5 Å². The van der Waals surface area contributed by atoms with E-state index in [0.717, 1.165) is 11.3 Å². The molecule has 0 aliphatic carbocycles. The summed E-state index contributed by atoms with van der Waals surface area (Å²) in [6.45, 7) is 1.74. The molecule has 1 heterocycles. The monoisotopic (exact) mass is 180 g/mol. The molecule has 0 radical (unpaired) electrons. The first kappa shape index (κ1) is 9.70. The van der Waals surface area contributed by atoms with Crippen LogP contribution in [0.1, 0.15) is 18.3 Å². The number of allylic oxidation sites excluding steroid dienone is 1. The van der Waals surface area contributed by atoms with Gasteiger partial charge in [0.05, 0.1) is 18.0 Å². The normalized spacial score (nSPS) is 11.5. The van der Waals surface area contributed by atoms with Crippen molar-refractivity contribution in [1.82, 2.24) is 10.5 Å². The number of hydrogen-bond donors (Lipinski definition) is 3. The van der Waals surface area contributed by atoms with E-state index in [2.05, 4.69) is 4.98 Å². The van der Waals surface area contributed by atoms with Gasteiger partial charge in [-0.05, 0) is 24.6 Å². The van der Waals surface area contributed by atoms with Crippen LogP contribution >= 0.6 is 0 Å². The summed E-state index contributed by atoms with van der Waals surface area (Å²) in [6, 6.07) is 5.36. The molecule has 1 aromatic rings. The summed E-state index contributed by atoms with van der Waals surface area (Å²) in [5.74, 6) is 0. The van der Waals surface area contributed by atoms with Gasteiger partial charge in [0.15, 0.2) is 0 Å². The van der Waals surface area contributed by atoms with Gasteiger partial charge in [0, 0.05) is 6.20 Å². The summed E-state index contributed by atoms with van der Waals surface area (Å²) in [4.78, 5) is 4.14. The van der Waals surface area contributed by atoms with E-state index in [-0.39, 0.29) is 6.61 Å². The first-order chi connectivity index (χ1) is 6.27. The van der Waals surface area contributed by atoms with Crippen LogP contribution < -0.4 is 5.48 Å². The highest BCUT2D eigenvalue weighted by Gasteiger charge is 1.98. The summed E-state index contributed by atoms with van der Waals surface area (Å²) in [7, 11) is 0. The second-order valence-electron chi connectivity index (χ2n) is 2.63. The molecule has 0 amide bonds. The molecule has 4 nitrogen and oxygen atoms in total. The molecule has 0 atom stereocenters. The molecule has 0 saturated carbocycles. The van der Waals surface area contributed by atoms with Gasteiger partial charge in [-0.15, -0.1) is 0 Å². The Balaban J connectivity index is 2.94. The maximum Gasteiger partial charge on any atom is 0.0853 e. The molecule has 0 fully saturated rings.